The molecule has 26 heavy (non-hydrogen) atoms. The summed E-state index contributed by atoms with van der Waals surface area (Å²) in [5.74, 6) is 0.585. The van der Waals surface area contributed by atoms with Gasteiger partial charge in [-0.2, -0.15) is 5.10 Å². The lowest BCUT2D eigenvalue weighted by Crippen LogP contribution is -2.30. The minimum atomic E-state index is -0.127. The molecule has 0 N–H and O–H groups in total. The normalized spacial score (nSPS) is 10.6. The molecule has 0 bridgehead atoms. The summed E-state index contributed by atoms with van der Waals surface area (Å²) in [6.07, 6.45) is 3.23. The Labute approximate surface area is 161 Å². The molecule has 0 atom stereocenters. The average Bonchev–Trinajstić information content (AvgIpc) is 3.13. The van der Waals surface area contributed by atoms with Crippen LogP contribution in [0, 0.1) is 0 Å². The lowest BCUT2D eigenvalue weighted by Gasteiger charge is -2.16. The third-order valence-corrected chi connectivity index (χ3v) is 4.25. The van der Waals surface area contributed by atoms with E-state index in [1.54, 1.807) is 65.4 Å². The van der Waals surface area contributed by atoms with Crippen LogP contribution < -0.4 is 4.74 Å². The first-order valence-corrected chi connectivity index (χ1v) is 8.73. The van der Waals surface area contributed by atoms with Crippen molar-refractivity contribution >= 4 is 29.1 Å². The molecule has 0 spiro atoms. The second kappa shape index (κ2) is 8.25. The number of halogens is 2. The van der Waals surface area contributed by atoms with Crippen molar-refractivity contribution in [2.75, 3.05) is 20.2 Å². The van der Waals surface area contributed by atoms with Gasteiger partial charge in [-0.3, -0.25) is 4.79 Å². The molecule has 0 aliphatic heterocycles. The zero-order chi connectivity index (χ0) is 18.5. The van der Waals surface area contributed by atoms with E-state index in [1.807, 2.05) is 12.1 Å². The van der Waals surface area contributed by atoms with Gasteiger partial charge in [-0.1, -0.05) is 29.3 Å². The molecule has 3 rings (SSSR count). The molecule has 7 heteroatoms. The fourth-order valence-electron chi connectivity index (χ4n) is 2.35. The smallest absolute Gasteiger partial charge is 0.256 e. The topological polar surface area (TPSA) is 47.4 Å². The molecule has 134 valence electrons. The van der Waals surface area contributed by atoms with Gasteiger partial charge in [0.15, 0.2) is 0 Å². The number of hydrogen-bond donors (Lipinski definition) is 0. The molecule has 0 unspecified atom stereocenters. The molecular formula is C19H17Cl2N3O2. The summed E-state index contributed by atoms with van der Waals surface area (Å²) in [4.78, 5) is 14.1. The van der Waals surface area contributed by atoms with E-state index in [4.69, 9.17) is 27.9 Å². The van der Waals surface area contributed by atoms with Crippen LogP contribution in [-0.4, -0.2) is 40.8 Å². The highest BCUT2D eigenvalue weighted by molar-refractivity contribution is 6.30. The standard InChI is InChI=1S/C19H17Cl2N3O2/c1-23(9-10-26-18-7-5-15(20)6-8-18)19(25)14-12-22-24(13-14)17-4-2-3-16(21)11-17/h2-8,11-13H,9-10H2,1H3. The van der Waals surface area contributed by atoms with Crippen LogP contribution >= 0.6 is 23.2 Å². The third-order valence-electron chi connectivity index (χ3n) is 3.76. The van der Waals surface area contributed by atoms with Crippen LogP contribution in [0.25, 0.3) is 5.69 Å². The predicted octanol–water partition coefficient (Wildman–Crippen LogP) is 4.33. The van der Waals surface area contributed by atoms with Crippen molar-refractivity contribution in [3.63, 3.8) is 0 Å². The minimum Gasteiger partial charge on any atom is -0.492 e. The maximum atomic E-state index is 12.5. The van der Waals surface area contributed by atoms with Crippen LogP contribution in [-0.2, 0) is 0 Å². The van der Waals surface area contributed by atoms with Crippen LogP contribution in [0.4, 0.5) is 0 Å². The van der Waals surface area contributed by atoms with Crippen molar-refractivity contribution in [2.45, 2.75) is 0 Å². The first-order chi connectivity index (χ1) is 12.5. The van der Waals surface area contributed by atoms with Gasteiger partial charge in [0.25, 0.3) is 5.91 Å². The number of likely N-dealkylation sites (N-methyl/N-ethyl adjacent to an activating group) is 1. The van der Waals surface area contributed by atoms with Gasteiger partial charge >= 0.3 is 0 Å². The number of aromatic nitrogens is 2. The molecule has 1 amide bonds. The molecule has 5 nitrogen and oxygen atoms in total. The van der Waals surface area contributed by atoms with E-state index in [2.05, 4.69) is 5.10 Å². The molecule has 0 saturated heterocycles. The Morgan fingerprint density at radius 3 is 2.65 bits per heavy atom. The van der Waals surface area contributed by atoms with Crippen LogP contribution in [0.3, 0.4) is 0 Å². The van der Waals surface area contributed by atoms with Gasteiger partial charge < -0.3 is 9.64 Å². The molecule has 1 aromatic heterocycles. The quantitative estimate of drug-likeness (QED) is 0.630. The highest BCUT2D eigenvalue weighted by Gasteiger charge is 2.14. The summed E-state index contributed by atoms with van der Waals surface area (Å²) < 4.78 is 7.24. The molecule has 2 aromatic carbocycles. The fraction of sp³-hybridized carbons (Fsp3) is 0.158. The number of carbonyl (C=O) groups is 1. The minimum absolute atomic E-state index is 0.127. The highest BCUT2D eigenvalue weighted by atomic mass is 35.5. The molecule has 0 aliphatic rings. The number of ether oxygens (including phenoxy) is 1. The van der Waals surface area contributed by atoms with Crippen LogP contribution in [0.2, 0.25) is 10.0 Å². The lowest BCUT2D eigenvalue weighted by molar-refractivity contribution is 0.0774. The summed E-state index contributed by atoms with van der Waals surface area (Å²) >= 11 is 11.8. The van der Waals surface area contributed by atoms with E-state index in [1.165, 1.54) is 0 Å². The Morgan fingerprint density at radius 2 is 1.92 bits per heavy atom. The predicted molar refractivity (Wildman–Crippen MR) is 102 cm³/mol. The van der Waals surface area contributed by atoms with Gasteiger partial charge in [0, 0.05) is 23.3 Å². The molecule has 0 aliphatic carbocycles. The molecule has 1 heterocycles. The Hall–Kier alpha value is -2.50. The number of rotatable bonds is 6. The number of carbonyl (C=O) groups excluding carboxylic acids is 1. The molecule has 3 aromatic rings. The molecule has 0 saturated carbocycles. The Bertz CT molecular complexity index is 894. The van der Waals surface area contributed by atoms with Crippen molar-refractivity contribution in [3.8, 4) is 11.4 Å². The monoisotopic (exact) mass is 389 g/mol. The van der Waals surface area contributed by atoms with E-state index >= 15 is 0 Å². The van der Waals surface area contributed by atoms with Gasteiger partial charge in [0.2, 0.25) is 0 Å². The third kappa shape index (κ3) is 4.56. The Morgan fingerprint density at radius 1 is 1.15 bits per heavy atom. The maximum Gasteiger partial charge on any atom is 0.256 e. The van der Waals surface area contributed by atoms with Gasteiger partial charge in [-0.15, -0.1) is 0 Å². The molecule has 0 radical (unpaired) electrons. The van der Waals surface area contributed by atoms with Crippen molar-refractivity contribution in [1.29, 1.82) is 0 Å². The van der Waals surface area contributed by atoms with Gasteiger partial charge in [-0.25, -0.2) is 4.68 Å². The van der Waals surface area contributed by atoms with E-state index < -0.39 is 0 Å². The largest absolute Gasteiger partial charge is 0.492 e. The Kier molecular flexibility index (Phi) is 5.81. The van der Waals surface area contributed by atoms with E-state index in [9.17, 15) is 4.79 Å². The van der Waals surface area contributed by atoms with E-state index in [0.717, 1.165) is 5.69 Å². The number of nitrogens with zero attached hydrogens (tertiary/aromatic N) is 3. The highest BCUT2D eigenvalue weighted by Crippen LogP contribution is 2.16. The average molecular weight is 390 g/mol. The molecular weight excluding hydrogens is 373 g/mol. The van der Waals surface area contributed by atoms with Crippen molar-refractivity contribution in [3.05, 3.63) is 76.5 Å². The van der Waals surface area contributed by atoms with Gasteiger partial charge in [-0.05, 0) is 42.5 Å². The summed E-state index contributed by atoms with van der Waals surface area (Å²) in [6, 6.07) is 14.4. The van der Waals surface area contributed by atoms with Gasteiger partial charge in [0.1, 0.15) is 12.4 Å². The number of benzene rings is 2. The fourth-order valence-corrected chi connectivity index (χ4v) is 2.66. The van der Waals surface area contributed by atoms with Crippen LogP contribution in [0.15, 0.2) is 60.9 Å². The second-order valence-corrected chi connectivity index (χ2v) is 6.56. The van der Waals surface area contributed by atoms with Crippen LogP contribution in [0.1, 0.15) is 10.4 Å². The summed E-state index contributed by atoms with van der Waals surface area (Å²) in [5.41, 5.74) is 1.30. The van der Waals surface area contributed by atoms with E-state index in [-0.39, 0.29) is 5.91 Å². The van der Waals surface area contributed by atoms with Crippen LogP contribution in [0.5, 0.6) is 5.75 Å². The molecule has 0 fully saturated rings. The lowest BCUT2D eigenvalue weighted by atomic mass is 10.3. The summed E-state index contributed by atoms with van der Waals surface area (Å²) in [7, 11) is 1.73. The summed E-state index contributed by atoms with van der Waals surface area (Å²) in [6.45, 7) is 0.829. The zero-order valence-corrected chi connectivity index (χ0v) is 15.6. The SMILES string of the molecule is CN(CCOc1ccc(Cl)cc1)C(=O)c1cnn(-c2cccc(Cl)c2)c1. The summed E-state index contributed by atoms with van der Waals surface area (Å²) in [5, 5.41) is 5.50. The first-order valence-electron chi connectivity index (χ1n) is 7.97. The Balaban J connectivity index is 1.57. The van der Waals surface area contributed by atoms with Gasteiger partial charge in [0.05, 0.1) is 24.0 Å². The van der Waals surface area contributed by atoms with Crippen molar-refractivity contribution in [2.24, 2.45) is 0 Å². The first kappa shape index (κ1) is 18.3. The number of hydrogen-bond acceptors (Lipinski definition) is 3. The second-order valence-electron chi connectivity index (χ2n) is 5.68. The van der Waals surface area contributed by atoms with E-state index in [0.29, 0.717) is 34.5 Å². The van der Waals surface area contributed by atoms with Crippen molar-refractivity contribution < 1.29 is 9.53 Å². The maximum absolute atomic E-state index is 12.5. The van der Waals surface area contributed by atoms with Crippen molar-refractivity contribution in [1.82, 2.24) is 14.7 Å². The zero-order valence-electron chi connectivity index (χ0n) is 14.1. The number of amides is 1.